The summed E-state index contributed by atoms with van der Waals surface area (Å²) in [4.78, 5) is 0. The van der Waals surface area contributed by atoms with Crippen molar-refractivity contribution in [2.24, 2.45) is 0 Å². The highest BCUT2D eigenvalue weighted by Gasteiger charge is 2.05. The average Bonchev–Trinajstić information content (AvgIpc) is 3.08. The van der Waals surface area contributed by atoms with Crippen LogP contribution in [0.3, 0.4) is 0 Å². The van der Waals surface area contributed by atoms with Gasteiger partial charge in [-0.05, 0) is 80.0 Å². The highest BCUT2D eigenvalue weighted by molar-refractivity contribution is 5.70. The van der Waals surface area contributed by atoms with Crippen molar-refractivity contribution in [1.29, 1.82) is 0 Å². The van der Waals surface area contributed by atoms with E-state index in [2.05, 4.69) is 125 Å². The van der Waals surface area contributed by atoms with E-state index >= 15 is 0 Å². The number of hydrogen-bond donors (Lipinski definition) is 1. The highest BCUT2D eigenvalue weighted by atomic mass is 14.9. The van der Waals surface area contributed by atoms with Crippen molar-refractivity contribution in [3.05, 3.63) is 143 Å². The Morgan fingerprint density at radius 3 is 2.24 bits per heavy atom. The van der Waals surface area contributed by atoms with Crippen molar-refractivity contribution in [2.75, 3.05) is 0 Å². The molecule has 1 heteroatoms. The fourth-order valence-electron chi connectivity index (χ4n) is 3.71. The van der Waals surface area contributed by atoms with Gasteiger partial charge < -0.3 is 5.32 Å². The minimum absolute atomic E-state index is 0.829. The zero-order valence-electron chi connectivity index (χ0n) is 21.5. The van der Waals surface area contributed by atoms with Crippen LogP contribution in [0, 0.1) is 13.8 Å². The zero-order chi connectivity index (χ0) is 25.1. The van der Waals surface area contributed by atoms with Gasteiger partial charge in [-0.3, -0.25) is 0 Å². The maximum Gasteiger partial charge on any atom is 0.0384 e. The van der Waals surface area contributed by atoms with Gasteiger partial charge in [0.25, 0.3) is 0 Å². The van der Waals surface area contributed by atoms with Gasteiger partial charge in [0, 0.05) is 17.0 Å². The smallest absolute Gasteiger partial charge is 0.0384 e. The second-order valence-corrected chi connectivity index (χ2v) is 8.84. The van der Waals surface area contributed by atoms with Crippen LogP contribution in [-0.2, 0) is 6.42 Å². The van der Waals surface area contributed by atoms with Gasteiger partial charge in [-0.15, -0.1) is 0 Å². The summed E-state index contributed by atoms with van der Waals surface area (Å²) in [6.45, 7) is 22.2. The Hall–Kier alpha value is -3.58. The number of allylic oxidation sites excluding steroid dienone is 8. The maximum absolute atomic E-state index is 4.03. The Balaban J connectivity index is 0.000000241. The molecule has 0 bridgehead atoms. The fraction of sp³-hybridized carbons (Fsp3) is 0.212. The minimum atomic E-state index is 0.829. The van der Waals surface area contributed by atoms with Crippen molar-refractivity contribution < 1.29 is 0 Å². The van der Waals surface area contributed by atoms with Gasteiger partial charge in [-0.1, -0.05) is 105 Å². The number of nitrogens with one attached hydrogen (secondary N) is 1. The zero-order valence-corrected chi connectivity index (χ0v) is 21.5. The van der Waals surface area contributed by atoms with Crippen LogP contribution in [0.4, 0.5) is 0 Å². The lowest BCUT2D eigenvalue weighted by Gasteiger charge is -2.13. The molecule has 0 atom stereocenters. The predicted octanol–water partition coefficient (Wildman–Crippen LogP) is 9.05. The highest BCUT2D eigenvalue weighted by Crippen LogP contribution is 2.23. The quantitative estimate of drug-likeness (QED) is 0.416. The number of benzene rings is 2. The van der Waals surface area contributed by atoms with E-state index in [0.717, 1.165) is 40.9 Å². The van der Waals surface area contributed by atoms with Gasteiger partial charge in [0.15, 0.2) is 0 Å². The minimum Gasteiger partial charge on any atom is -0.360 e. The Kier molecular flexibility index (Phi) is 10.4. The first-order valence-electron chi connectivity index (χ1n) is 11.9. The molecule has 0 amide bonds. The first-order chi connectivity index (χ1) is 16.2. The maximum atomic E-state index is 4.03. The lowest BCUT2D eigenvalue weighted by atomic mass is 9.97. The molecule has 176 valence electrons. The summed E-state index contributed by atoms with van der Waals surface area (Å²) in [7, 11) is 0. The first kappa shape index (κ1) is 26.7. The van der Waals surface area contributed by atoms with Gasteiger partial charge in [-0.2, -0.15) is 0 Å². The third kappa shape index (κ3) is 8.41. The molecule has 0 saturated carbocycles. The van der Waals surface area contributed by atoms with Crippen LogP contribution in [0.15, 0.2) is 115 Å². The van der Waals surface area contributed by atoms with Crippen LogP contribution in [-0.4, -0.2) is 0 Å². The Morgan fingerprint density at radius 1 is 0.941 bits per heavy atom. The second-order valence-electron chi connectivity index (χ2n) is 8.84. The summed E-state index contributed by atoms with van der Waals surface area (Å²) >= 11 is 0. The van der Waals surface area contributed by atoms with Crippen LogP contribution in [0.25, 0.3) is 11.6 Å². The molecule has 0 aliphatic heterocycles. The largest absolute Gasteiger partial charge is 0.360 e. The summed E-state index contributed by atoms with van der Waals surface area (Å²) in [5.74, 6) is 0. The van der Waals surface area contributed by atoms with Gasteiger partial charge in [-0.25, -0.2) is 0 Å². The van der Waals surface area contributed by atoms with Crippen LogP contribution < -0.4 is 5.32 Å². The SMILES string of the molecule is C=C(C)NC(=C)/C(=C\c1ccc(C)cc1)C(=C)C.CCc1ccc(C2=CC=CC=CC2)cc1C. The Morgan fingerprint density at radius 2 is 1.65 bits per heavy atom. The van der Waals surface area contributed by atoms with Gasteiger partial charge in [0.1, 0.15) is 0 Å². The van der Waals surface area contributed by atoms with Crippen molar-refractivity contribution in [1.82, 2.24) is 5.32 Å². The lowest BCUT2D eigenvalue weighted by Crippen LogP contribution is -2.11. The normalized spacial score (nSPS) is 12.7. The molecule has 0 saturated heterocycles. The second kappa shape index (κ2) is 13.2. The molecule has 1 aliphatic rings. The average molecular weight is 450 g/mol. The van der Waals surface area contributed by atoms with Crippen molar-refractivity contribution >= 4 is 11.6 Å². The van der Waals surface area contributed by atoms with Gasteiger partial charge in [0.2, 0.25) is 0 Å². The Labute approximate surface area is 207 Å². The molecule has 0 radical (unpaired) electrons. The molecule has 2 aromatic carbocycles. The molecule has 1 aliphatic carbocycles. The number of hydrogen-bond acceptors (Lipinski definition) is 1. The third-order valence-electron chi connectivity index (χ3n) is 5.63. The molecule has 0 aromatic heterocycles. The monoisotopic (exact) mass is 449 g/mol. The third-order valence-corrected chi connectivity index (χ3v) is 5.63. The van der Waals surface area contributed by atoms with E-state index in [1.807, 2.05) is 13.8 Å². The van der Waals surface area contributed by atoms with Crippen LogP contribution in [0.1, 0.15) is 55.0 Å². The first-order valence-corrected chi connectivity index (χ1v) is 11.9. The molecule has 0 heterocycles. The predicted molar refractivity (Wildman–Crippen MR) is 152 cm³/mol. The summed E-state index contributed by atoms with van der Waals surface area (Å²) in [5, 5.41) is 3.14. The van der Waals surface area contributed by atoms with Crippen molar-refractivity contribution in [3.8, 4) is 0 Å². The number of rotatable bonds is 7. The molecule has 1 nitrogen and oxygen atoms in total. The molecular formula is C33H39N. The summed E-state index contributed by atoms with van der Waals surface area (Å²) in [6.07, 6.45) is 14.9. The van der Waals surface area contributed by atoms with Gasteiger partial charge >= 0.3 is 0 Å². The molecular weight excluding hydrogens is 410 g/mol. The van der Waals surface area contributed by atoms with E-state index in [-0.39, 0.29) is 0 Å². The summed E-state index contributed by atoms with van der Waals surface area (Å²) in [5.41, 5.74) is 11.7. The summed E-state index contributed by atoms with van der Waals surface area (Å²) in [6, 6.07) is 15.2. The molecule has 1 N–H and O–H groups in total. The van der Waals surface area contributed by atoms with Crippen LogP contribution in [0.2, 0.25) is 0 Å². The molecule has 0 spiro atoms. The van der Waals surface area contributed by atoms with E-state index in [4.69, 9.17) is 0 Å². The van der Waals surface area contributed by atoms with Gasteiger partial charge in [0.05, 0.1) is 0 Å². The molecule has 0 unspecified atom stereocenters. The lowest BCUT2D eigenvalue weighted by molar-refractivity contribution is 0.996. The van der Waals surface area contributed by atoms with E-state index in [1.54, 1.807) is 0 Å². The van der Waals surface area contributed by atoms with Crippen LogP contribution in [0.5, 0.6) is 0 Å². The van der Waals surface area contributed by atoms with E-state index in [0.29, 0.717) is 0 Å². The molecule has 3 rings (SSSR count). The van der Waals surface area contributed by atoms with Crippen LogP contribution >= 0.6 is 0 Å². The summed E-state index contributed by atoms with van der Waals surface area (Å²) < 4.78 is 0. The van der Waals surface area contributed by atoms with E-state index in [1.165, 1.54) is 27.8 Å². The molecule has 0 fully saturated rings. The molecule has 34 heavy (non-hydrogen) atoms. The number of aryl methyl sites for hydroxylation is 3. The molecule has 2 aromatic rings. The Bertz CT molecular complexity index is 1150. The van der Waals surface area contributed by atoms with Crippen molar-refractivity contribution in [3.63, 3.8) is 0 Å². The van der Waals surface area contributed by atoms with E-state index < -0.39 is 0 Å². The van der Waals surface area contributed by atoms with E-state index in [9.17, 15) is 0 Å². The fourth-order valence-corrected chi connectivity index (χ4v) is 3.71. The standard InChI is InChI=1S/C17H21N.C16H18/c1-12(2)17(15(6)18-13(3)4)11-16-9-7-14(5)8-10-16;1-3-14-10-11-16(12-13(14)2)15-8-6-4-5-7-9-15/h7-11,18H,1,3,6H2,2,4-5H3;4-8,10-12H,3,9H2,1-2H3/b17-11-;. The van der Waals surface area contributed by atoms with Crippen molar-refractivity contribution in [2.45, 2.75) is 47.5 Å². The topological polar surface area (TPSA) is 12.0 Å².